The van der Waals surface area contributed by atoms with Crippen LogP contribution in [-0.2, 0) is 9.59 Å². The van der Waals surface area contributed by atoms with Gasteiger partial charge in [-0.25, -0.2) is 0 Å². The molecular weight excluding hydrogens is 334 g/mol. The molecule has 2 N–H and O–H groups in total. The second-order valence-corrected chi connectivity index (χ2v) is 6.62. The molecule has 0 saturated carbocycles. The van der Waals surface area contributed by atoms with E-state index < -0.39 is 5.97 Å². The number of carbonyl (C=O) groups is 2. The summed E-state index contributed by atoms with van der Waals surface area (Å²) in [4.78, 5) is 27.6. The van der Waals surface area contributed by atoms with Crippen LogP contribution < -0.4 is 10.1 Å². The van der Waals surface area contributed by atoms with Gasteiger partial charge in [0.2, 0.25) is 5.91 Å². The minimum atomic E-state index is -0.790. The van der Waals surface area contributed by atoms with Crippen LogP contribution in [0, 0.1) is 0 Å². The lowest BCUT2D eigenvalue weighted by atomic mass is 10.0. The summed E-state index contributed by atoms with van der Waals surface area (Å²) in [5.41, 5.74) is 0.746. The predicted octanol–water partition coefficient (Wildman–Crippen LogP) is 1.89. The van der Waals surface area contributed by atoms with Gasteiger partial charge >= 0.3 is 5.97 Å². The molecule has 1 aromatic carbocycles. The number of amides is 1. The lowest BCUT2D eigenvalue weighted by Crippen LogP contribution is -2.51. The Bertz CT molecular complexity index is 597. The second-order valence-electron chi connectivity index (χ2n) is 6.62. The van der Waals surface area contributed by atoms with Gasteiger partial charge in [0, 0.05) is 24.8 Å². The van der Waals surface area contributed by atoms with Gasteiger partial charge in [-0.3, -0.25) is 19.4 Å². The SMILES string of the molecule is CCN(CC(=O)O)C1CCN(C(C)C(=O)Nc2ccc(OC)cc2)CC1. The van der Waals surface area contributed by atoms with Crippen molar-refractivity contribution in [3.8, 4) is 5.75 Å². The Morgan fingerprint density at radius 2 is 1.92 bits per heavy atom. The lowest BCUT2D eigenvalue weighted by molar-refractivity contribution is -0.139. The highest BCUT2D eigenvalue weighted by Gasteiger charge is 2.29. The van der Waals surface area contributed by atoms with E-state index in [1.165, 1.54) is 0 Å². The fourth-order valence-electron chi connectivity index (χ4n) is 3.40. The summed E-state index contributed by atoms with van der Waals surface area (Å²) in [6.45, 7) is 6.28. The summed E-state index contributed by atoms with van der Waals surface area (Å²) in [6, 6.07) is 7.31. The molecule has 0 bridgehead atoms. The Kier molecular flexibility index (Phi) is 7.41. The maximum absolute atomic E-state index is 12.5. The highest BCUT2D eigenvalue weighted by molar-refractivity contribution is 5.94. The minimum absolute atomic E-state index is 0.0356. The smallest absolute Gasteiger partial charge is 0.317 e. The van der Waals surface area contributed by atoms with Gasteiger partial charge in [0.25, 0.3) is 0 Å². The highest BCUT2D eigenvalue weighted by atomic mass is 16.5. The van der Waals surface area contributed by atoms with Gasteiger partial charge in [-0.2, -0.15) is 0 Å². The van der Waals surface area contributed by atoms with Gasteiger partial charge in [-0.05, 0) is 50.6 Å². The summed E-state index contributed by atoms with van der Waals surface area (Å²) in [5, 5.41) is 12.0. The van der Waals surface area contributed by atoms with Gasteiger partial charge in [0.15, 0.2) is 0 Å². The number of piperidine rings is 1. The van der Waals surface area contributed by atoms with Crippen LogP contribution in [-0.4, -0.2) is 72.2 Å². The molecule has 1 aliphatic heterocycles. The van der Waals surface area contributed by atoms with Crippen molar-refractivity contribution >= 4 is 17.6 Å². The van der Waals surface area contributed by atoms with Crippen molar-refractivity contribution in [2.24, 2.45) is 0 Å². The quantitative estimate of drug-likeness (QED) is 0.734. The van der Waals surface area contributed by atoms with Crippen molar-refractivity contribution in [1.29, 1.82) is 0 Å². The zero-order chi connectivity index (χ0) is 19.1. The fraction of sp³-hybridized carbons (Fsp3) is 0.579. The van der Waals surface area contributed by atoms with Gasteiger partial charge < -0.3 is 15.2 Å². The molecule has 1 saturated heterocycles. The van der Waals surface area contributed by atoms with Crippen LogP contribution in [0.15, 0.2) is 24.3 Å². The highest BCUT2D eigenvalue weighted by Crippen LogP contribution is 2.20. The summed E-state index contributed by atoms with van der Waals surface area (Å²) in [6.07, 6.45) is 1.75. The van der Waals surface area contributed by atoms with E-state index in [1.54, 1.807) is 7.11 Å². The number of carboxylic acid groups (broad SMARTS) is 1. The van der Waals surface area contributed by atoms with Crippen LogP contribution in [0.4, 0.5) is 5.69 Å². The number of carboxylic acids is 1. The van der Waals surface area contributed by atoms with Crippen molar-refractivity contribution in [3.63, 3.8) is 0 Å². The van der Waals surface area contributed by atoms with E-state index in [2.05, 4.69) is 10.2 Å². The molecule has 1 amide bonds. The van der Waals surface area contributed by atoms with Crippen molar-refractivity contribution < 1.29 is 19.4 Å². The second kappa shape index (κ2) is 9.54. The number of methoxy groups -OCH3 is 1. The minimum Gasteiger partial charge on any atom is -0.497 e. The molecule has 0 aliphatic carbocycles. The number of benzene rings is 1. The monoisotopic (exact) mass is 363 g/mol. The average molecular weight is 363 g/mol. The molecule has 1 aromatic rings. The van der Waals surface area contributed by atoms with Crippen LogP contribution in [0.5, 0.6) is 5.75 Å². The molecule has 0 spiro atoms. The Morgan fingerprint density at radius 3 is 2.42 bits per heavy atom. The van der Waals surface area contributed by atoms with Gasteiger partial charge in [-0.1, -0.05) is 6.92 Å². The lowest BCUT2D eigenvalue weighted by Gasteiger charge is -2.39. The first-order valence-electron chi connectivity index (χ1n) is 9.09. The van der Waals surface area contributed by atoms with E-state index in [0.717, 1.165) is 43.9 Å². The Labute approximate surface area is 154 Å². The number of anilines is 1. The largest absolute Gasteiger partial charge is 0.497 e. The van der Waals surface area contributed by atoms with Crippen LogP contribution in [0.25, 0.3) is 0 Å². The molecule has 7 nitrogen and oxygen atoms in total. The molecule has 144 valence electrons. The average Bonchev–Trinajstić information content (AvgIpc) is 2.66. The standard InChI is InChI=1S/C19H29N3O4/c1-4-21(13-18(23)24)16-9-11-22(12-10-16)14(2)19(25)20-15-5-7-17(26-3)8-6-15/h5-8,14,16H,4,9-13H2,1-3H3,(H,20,25)(H,23,24). The fourth-order valence-corrected chi connectivity index (χ4v) is 3.40. The van der Waals surface area contributed by atoms with E-state index in [4.69, 9.17) is 9.84 Å². The summed E-state index contributed by atoms with van der Waals surface area (Å²) >= 11 is 0. The number of nitrogens with one attached hydrogen (secondary N) is 1. The number of likely N-dealkylation sites (tertiary alicyclic amines) is 1. The Balaban J connectivity index is 1.85. The Morgan fingerprint density at radius 1 is 1.31 bits per heavy atom. The molecule has 1 atom stereocenters. The van der Waals surface area contributed by atoms with Gasteiger partial charge in [0.05, 0.1) is 19.7 Å². The van der Waals surface area contributed by atoms with Crippen LogP contribution >= 0.6 is 0 Å². The number of ether oxygens (including phenoxy) is 1. The molecule has 1 unspecified atom stereocenters. The van der Waals surface area contributed by atoms with Crippen LogP contribution in [0.3, 0.4) is 0 Å². The number of hydrogen-bond acceptors (Lipinski definition) is 5. The first-order valence-corrected chi connectivity index (χ1v) is 9.09. The van der Waals surface area contributed by atoms with E-state index in [1.807, 2.05) is 43.0 Å². The van der Waals surface area contributed by atoms with Crippen molar-refractivity contribution in [3.05, 3.63) is 24.3 Å². The van der Waals surface area contributed by atoms with E-state index in [9.17, 15) is 9.59 Å². The predicted molar refractivity (Wildman–Crippen MR) is 101 cm³/mol. The van der Waals surface area contributed by atoms with Crippen molar-refractivity contribution in [2.75, 3.05) is 38.6 Å². The van der Waals surface area contributed by atoms with Crippen molar-refractivity contribution in [1.82, 2.24) is 9.80 Å². The Hall–Kier alpha value is -2.12. The molecule has 0 aromatic heterocycles. The van der Waals surface area contributed by atoms with Crippen LogP contribution in [0.1, 0.15) is 26.7 Å². The first-order chi connectivity index (χ1) is 12.4. The summed E-state index contributed by atoms with van der Waals surface area (Å²) in [7, 11) is 1.61. The number of likely N-dealkylation sites (N-methyl/N-ethyl adjacent to an activating group) is 1. The normalized spacial score (nSPS) is 17.1. The number of aliphatic carboxylic acids is 1. The molecule has 0 radical (unpaired) electrons. The van der Waals surface area contributed by atoms with Gasteiger partial charge in [-0.15, -0.1) is 0 Å². The zero-order valence-electron chi connectivity index (χ0n) is 15.8. The topological polar surface area (TPSA) is 82.1 Å². The molecule has 2 rings (SSSR count). The van der Waals surface area contributed by atoms with Gasteiger partial charge in [0.1, 0.15) is 5.75 Å². The third-order valence-electron chi connectivity index (χ3n) is 5.04. The zero-order valence-corrected chi connectivity index (χ0v) is 15.8. The third kappa shape index (κ3) is 5.44. The maximum Gasteiger partial charge on any atom is 0.317 e. The molecule has 1 aliphatic rings. The molecule has 7 heteroatoms. The van der Waals surface area contributed by atoms with Crippen LogP contribution in [0.2, 0.25) is 0 Å². The first kappa shape index (κ1) is 20.2. The molecule has 1 fully saturated rings. The number of nitrogens with zero attached hydrogens (tertiary/aromatic N) is 2. The molecule has 26 heavy (non-hydrogen) atoms. The summed E-state index contributed by atoms with van der Waals surface area (Å²) < 4.78 is 5.12. The number of carbonyl (C=O) groups excluding carboxylic acids is 1. The summed E-state index contributed by atoms with van der Waals surface area (Å²) in [5.74, 6) is -0.0759. The van der Waals surface area contributed by atoms with Crippen molar-refractivity contribution in [2.45, 2.75) is 38.8 Å². The van der Waals surface area contributed by atoms with E-state index in [0.29, 0.717) is 0 Å². The number of hydrogen-bond donors (Lipinski definition) is 2. The molecular formula is C19H29N3O4. The van der Waals surface area contributed by atoms with E-state index >= 15 is 0 Å². The molecule has 1 heterocycles. The third-order valence-corrected chi connectivity index (χ3v) is 5.04. The number of rotatable bonds is 8. The maximum atomic E-state index is 12.5. The van der Waals surface area contributed by atoms with E-state index in [-0.39, 0.29) is 24.5 Å².